The summed E-state index contributed by atoms with van der Waals surface area (Å²) in [6.07, 6.45) is 1.33. The van der Waals surface area contributed by atoms with E-state index in [9.17, 15) is 4.79 Å². The Balaban J connectivity index is 0.00000264. The van der Waals surface area contributed by atoms with Crippen molar-refractivity contribution in [1.82, 2.24) is 5.32 Å². The lowest BCUT2D eigenvalue weighted by atomic mass is 10.2. The number of hydrogen-bond acceptors (Lipinski definition) is 3. The molecule has 0 unspecified atom stereocenters. The number of para-hydroxylation sites is 2. The topological polar surface area (TPSA) is 50.4 Å². The van der Waals surface area contributed by atoms with Crippen LogP contribution in [0.2, 0.25) is 0 Å². The monoisotopic (exact) mass is 334 g/mol. The van der Waals surface area contributed by atoms with Crippen LogP contribution in [0.25, 0.3) is 0 Å². The van der Waals surface area contributed by atoms with Crippen LogP contribution in [0.1, 0.15) is 18.4 Å². The highest BCUT2D eigenvalue weighted by atomic mass is 35.5. The molecule has 0 aliphatic heterocycles. The molecule has 0 fully saturated rings. The Hall–Kier alpha value is -2.04. The number of benzene rings is 2. The van der Waals surface area contributed by atoms with Crippen LogP contribution in [0.15, 0.2) is 54.6 Å². The molecule has 0 radical (unpaired) electrons. The zero-order valence-corrected chi connectivity index (χ0v) is 14.1. The van der Waals surface area contributed by atoms with E-state index in [1.54, 1.807) is 0 Å². The third kappa shape index (κ3) is 6.72. The minimum atomic E-state index is 0. The number of amides is 1. The zero-order chi connectivity index (χ0) is 15.6. The Labute approximate surface area is 143 Å². The van der Waals surface area contributed by atoms with Crippen LogP contribution in [-0.2, 0) is 11.4 Å². The molecule has 23 heavy (non-hydrogen) atoms. The molecule has 0 atom stereocenters. The lowest BCUT2D eigenvalue weighted by molar-refractivity contribution is -0.116. The van der Waals surface area contributed by atoms with Gasteiger partial charge >= 0.3 is 0 Å². The van der Waals surface area contributed by atoms with Crippen LogP contribution < -0.4 is 15.4 Å². The van der Waals surface area contributed by atoms with Crippen molar-refractivity contribution in [2.75, 3.05) is 18.9 Å². The van der Waals surface area contributed by atoms with Gasteiger partial charge < -0.3 is 15.4 Å². The smallest absolute Gasteiger partial charge is 0.224 e. The molecule has 0 spiro atoms. The Bertz CT molecular complexity index is 591. The summed E-state index contributed by atoms with van der Waals surface area (Å²) in [5, 5.41) is 6.00. The molecular formula is C18H23ClN2O2. The van der Waals surface area contributed by atoms with Crippen molar-refractivity contribution in [3.05, 3.63) is 60.2 Å². The van der Waals surface area contributed by atoms with Crippen molar-refractivity contribution in [2.24, 2.45) is 0 Å². The van der Waals surface area contributed by atoms with E-state index in [0.717, 1.165) is 30.0 Å². The molecule has 0 aliphatic carbocycles. The van der Waals surface area contributed by atoms with Crippen LogP contribution in [0.4, 0.5) is 5.69 Å². The fourth-order valence-corrected chi connectivity index (χ4v) is 2.08. The van der Waals surface area contributed by atoms with Gasteiger partial charge in [-0.05, 0) is 38.2 Å². The highest BCUT2D eigenvalue weighted by molar-refractivity contribution is 5.91. The van der Waals surface area contributed by atoms with Crippen LogP contribution in [-0.4, -0.2) is 19.5 Å². The molecule has 0 aromatic heterocycles. The number of hydrogen-bond donors (Lipinski definition) is 2. The summed E-state index contributed by atoms with van der Waals surface area (Å²) < 4.78 is 5.75. The van der Waals surface area contributed by atoms with Gasteiger partial charge in [-0.25, -0.2) is 0 Å². The van der Waals surface area contributed by atoms with E-state index >= 15 is 0 Å². The normalized spacial score (nSPS) is 9.78. The molecule has 124 valence electrons. The van der Waals surface area contributed by atoms with E-state index in [4.69, 9.17) is 4.74 Å². The van der Waals surface area contributed by atoms with Gasteiger partial charge in [0.05, 0.1) is 0 Å². The largest absolute Gasteiger partial charge is 0.489 e. The lowest BCUT2D eigenvalue weighted by Gasteiger charge is -2.12. The molecule has 4 nitrogen and oxygen atoms in total. The van der Waals surface area contributed by atoms with E-state index < -0.39 is 0 Å². The number of ether oxygens (including phenoxy) is 1. The first-order chi connectivity index (χ1) is 10.8. The van der Waals surface area contributed by atoms with Gasteiger partial charge in [0, 0.05) is 17.7 Å². The molecule has 0 saturated carbocycles. The average molecular weight is 335 g/mol. The minimum Gasteiger partial charge on any atom is -0.489 e. The molecule has 0 aliphatic rings. The predicted octanol–water partition coefficient (Wildman–Crippen LogP) is 3.63. The average Bonchev–Trinajstić information content (AvgIpc) is 2.55. The minimum absolute atomic E-state index is 0. The summed E-state index contributed by atoms with van der Waals surface area (Å²) in [6, 6.07) is 17.4. The maximum Gasteiger partial charge on any atom is 0.224 e. The number of anilines is 1. The summed E-state index contributed by atoms with van der Waals surface area (Å²) in [5.74, 6) is 0.847. The summed E-state index contributed by atoms with van der Waals surface area (Å²) in [7, 11) is 1.88. The van der Waals surface area contributed by atoms with Gasteiger partial charge in [-0.2, -0.15) is 0 Å². The van der Waals surface area contributed by atoms with Gasteiger partial charge in [-0.3, -0.25) is 4.79 Å². The molecule has 2 aromatic rings. The molecule has 0 saturated heterocycles. The van der Waals surface area contributed by atoms with E-state index in [1.807, 2.05) is 61.6 Å². The molecule has 0 heterocycles. The first-order valence-corrected chi connectivity index (χ1v) is 7.50. The lowest BCUT2D eigenvalue weighted by Crippen LogP contribution is -2.16. The Morgan fingerprint density at radius 3 is 2.48 bits per heavy atom. The van der Waals surface area contributed by atoms with Gasteiger partial charge in [0.15, 0.2) is 0 Å². The predicted molar refractivity (Wildman–Crippen MR) is 96.3 cm³/mol. The van der Waals surface area contributed by atoms with Crippen LogP contribution in [0.5, 0.6) is 5.75 Å². The number of rotatable bonds is 8. The van der Waals surface area contributed by atoms with E-state index in [2.05, 4.69) is 10.6 Å². The first kappa shape index (κ1) is 19.0. The summed E-state index contributed by atoms with van der Waals surface area (Å²) >= 11 is 0. The van der Waals surface area contributed by atoms with Gasteiger partial charge in [0.25, 0.3) is 0 Å². The summed E-state index contributed by atoms with van der Waals surface area (Å²) in [4.78, 5) is 11.9. The van der Waals surface area contributed by atoms with Crippen LogP contribution in [0, 0.1) is 0 Å². The number of carbonyl (C=O) groups excluding carboxylic acids is 1. The maximum atomic E-state index is 11.9. The van der Waals surface area contributed by atoms with Gasteiger partial charge in [-0.15, -0.1) is 12.4 Å². The van der Waals surface area contributed by atoms with Crippen molar-refractivity contribution < 1.29 is 9.53 Å². The molecule has 1 amide bonds. The van der Waals surface area contributed by atoms with Gasteiger partial charge in [-0.1, -0.05) is 36.4 Å². The molecule has 0 bridgehead atoms. The van der Waals surface area contributed by atoms with E-state index in [-0.39, 0.29) is 18.3 Å². The molecule has 2 N–H and O–H groups in total. The van der Waals surface area contributed by atoms with Crippen molar-refractivity contribution in [1.29, 1.82) is 0 Å². The first-order valence-electron chi connectivity index (χ1n) is 7.50. The van der Waals surface area contributed by atoms with E-state index in [0.29, 0.717) is 13.0 Å². The molecule has 5 heteroatoms. The number of halogens is 1. The van der Waals surface area contributed by atoms with Crippen molar-refractivity contribution in [3.63, 3.8) is 0 Å². The quantitative estimate of drug-likeness (QED) is 0.725. The fraction of sp³-hybridized carbons (Fsp3) is 0.278. The summed E-state index contributed by atoms with van der Waals surface area (Å²) in [6.45, 7) is 1.27. The highest BCUT2D eigenvalue weighted by Gasteiger charge is 2.07. The Morgan fingerprint density at radius 2 is 1.74 bits per heavy atom. The van der Waals surface area contributed by atoms with Crippen molar-refractivity contribution in [2.45, 2.75) is 19.4 Å². The third-order valence-corrected chi connectivity index (χ3v) is 3.26. The molecule has 2 aromatic carbocycles. The van der Waals surface area contributed by atoms with Gasteiger partial charge in [0.2, 0.25) is 5.91 Å². The second-order valence-electron chi connectivity index (χ2n) is 5.01. The fourth-order valence-electron chi connectivity index (χ4n) is 2.08. The van der Waals surface area contributed by atoms with Crippen LogP contribution in [0.3, 0.4) is 0 Å². The van der Waals surface area contributed by atoms with E-state index in [1.165, 1.54) is 0 Å². The standard InChI is InChI=1S/C18H22N2O2.ClH/c1-19-13-7-12-18(21)20-17-11-6-5-8-15(17)14-22-16-9-3-2-4-10-16;/h2-6,8-11,19H,7,12-14H2,1H3,(H,20,21);1H. The van der Waals surface area contributed by atoms with Crippen molar-refractivity contribution in [3.8, 4) is 5.75 Å². The van der Waals surface area contributed by atoms with Crippen LogP contribution >= 0.6 is 12.4 Å². The number of nitrogens with one attached hydrogen (secondary N) is 2. The van der Waals surface area contributed by atoms with Crippen molar-refractivity contribution >= 4 is 24.0 Å². The highest BCUT2D eigenvalue weighted by Crippen LogP contribution is 2.18. The summed E-state index contributed by atoms with van der Waals surface area (Å²) in [5.41, 5.74) is 1.78. The SMILES string of the molecule is CNCCCC(=O)Nc1ccccc1COc1ccccc1.Cl. The Kier molecular flexibility index (Phi) is 8.80. The zero-order valence-electron chi connectivity index (χ0n) is 13.2. The Morgan fingerprint density at radius 1 is 1.04 bits per heavy atom. The maximum absolute atomic E-state index is 11.9. The third-order valence-electron chi connectivity index (χ3n) is 3.26. The van der Waals surface area contributed by atoms with Gasteiger partial charge in [0.1, 0.15) is 12.4 Å². The second-order valence-corrected chi connectivity index (χ2v) is 5.01. The second kappa shape index (κ2) is 10.6. The number of carbonyl (C=O) groups is 1. The molecule has 2 rings (SSSR count). The molecular weight excluding hydrogens is 312 g/mol.